The lowest BCUT2D eigenvalue weighted by atomic mass is 9.98. The fraction of sp³-hybridized carbons (Fsp3) is 1.00. The Bertz CT molecular complexity index is 259. The number of hydrogen-bond acceptors (Lipinski definition) is 3. The van der Waals surface area contributed by atoms with Crippen molar-refractivity contribution in [3.05, 3.63) is 0 Å². The third-order valence-electron chi connectivity index (χ3n) is 3.63. The van der Waals surface area contributed by atoms with Crippen LogP contribution in [0.4, 0.5) is 13.2 Å². The van der Waals surface area contributed by atoms with Gasteiger partial charge in [0.1, 0.15) is 6.61 Å². The molecule has 1 saturated heterocycles. The highest BCUT2D eigenvalue weighted by molar-refractivity contribution is 4.86. The molecule has 3 nitrogen and oxygen atoms in total. The summed E-state index contributed by atoms with van der Waals surface area (Å²) in [5.74, 6) is 0.524. The average Bonchev–Trinajstić information content (AvgIpc) is 2.33. The van der Waals surface area contributed by atoms with Gasteiger partial charge in [-0.05, 0) is 12.3 Å². The minimum Gasteiger partial charge on any atom is -0.371 e. The fourth-order valence-electron chi connectivity index (χ4n) is 2.38. The topological polar surface area (TPSA) is 24.5 Å². The van der Waals surface area contributed by atoms with Crippen molar-refractivity contribution in [2.75, 3.05) is 32.8 Å². The van der Waals surface area contributed by atoms with E-state index in [1.807, 2.05) is 0 Å². The summed E-state index contributed by atoms with van der Waals surface area (Å²) in [6.07, 6.45) is -3.23. The highest BCUT2D eigenvalue weighted by atomic mass is 19.4. The maximum absolute atomic E-state index is 12.0. The van der Waals surface area contributed by atoms with Crippen LogP contribution in [0.15, 0.2) is 0 Å². The molecule has 19 heavy (non-hydrogen) atoms. The molecule has 0 amide bonds. The van der Waals surface area contributed by atoms with E-state index < -0.39 is 12.8 Å². The Kier molecular flexibility index (Phi) is 6.56. The van der Waals surface area contributed by atoms with Crippen LogP contribution in [0.1, 0.15) is 27.2 Å². The molecule has 2 atom stereocenters. The van der Waals surface area contributed by atoms with Gasteiger partial charge >= 0.3 is 6.18 Å². The van der Waals surface area contributed by atoms with Crippen molar-refractivity contribution in [2.24, 2.45) is 5.92 Å². The van der Waals surface area contributed by atoms with Gasteiger partial charge in [-0.25, -0.2) is 0 Å². The lowest BCUT2D eigenvalue weighted by Gasteiger charge is -2.41. The van der Waals surface area contributed by atoms with Crippen LogP contribution in [0.3, 0.4) is 0 Å². The Hall–Kier alpha value is -0.330. The van der Waals surface area contributed by atoms with Crippen LogP contribution in [0, 0.1) is 5.92 Å². The maximum Gasteiger partial charge on any atom is 0.411 e. The second kappa shape index (κ2) is 7.45. The quantitative estimate of drug-likeness (QED) is 0.756. The molecule has 0 aromatic heterocycles. The highest BCUT2D eigenvalue weighted by Gasteiger charge is 2.29. The second-order valence-electron chi connectivity index (χ2n) is 5.48. The van der Waals surface area contributed by atoms with Gasteiger partial charge < -0.3 is 10.1 Å². The van der Waals surface area contributed by atoms with Crippen LogP contribution in [0.2, 0.25) is 0 Å². The molecule has 1 rings (SSSR count). The summed E-state index contributed by atoms with van der Waals surface area (Å²) in [6, 6.07) is 0.801. The number of piperazine rings is 1. The van der Waals surface area contributed by atoms with Gasteiger partial charge in [0.15, 0.2) is 0 Å². The molecule has 1 N–H and O–H groups in total. The SMILES string of the molecule is CCC1CNC(C(C)C)CN1CCOCC(F)(F)F. The summed E-state index contributed by atoms with van der Waals surface area (Å²) >= 11 is 0. The molecular formula is C13H25F3N2O. The van der Waals surface area contributed by atoms with Crippen molar-refractivity contribution >= 4 is 0 Å². The smallest absolute Gasteiger partial charge is 0.371 e. The fourth-order valence-corrected chi connectivity index (χ4v) is 2.38. The maximum atomic E-state index is 12.0. The van der Waals surface area contributed by atoms with E-state index >= 15 is 0 Å². The number of rotatable bonds is 6. The number of alkyl halides is 3. The predicted molar refractivity (Wildman–Crippen MR) is 69.2 cm³/mol. The van der Waals surface area contributed by atoms with E-state index in [1.165, 1.54) is 0 Å². The van der Waals surface area contributed by atoms with Gasteiger partial charge in [0.2, 0.25) is 0 Å². The molecule has 1 aliphatic heterocycles. The van der Waals surface area contributed by atoms with E-state index in [0.29, 0.717) is 24.5 Å². The van der Waals surface area contributed by atoms with Crippen LogP contribution in [-0.2, 0) is 4.74 Å². The molecule has 1 fully saturated rings. The molecule has 0 aliphatic carbocycles. The summed E-state index contributed by atoms with van der Waals surface area (Å²) in [7, 11) is 0. The first-order chi connectivity index (χ1) is 8.83. The largest absolute Gasteiger partial charge is 0.411 e. The van der Waals surface area contributed by atoms with Crippen molar-refractivity contribution < 1.29 is 17.9 Å². The van der Waals surface area contributed by atoms with Crippen molar-refractivity contribution in [3.63, 3.8) is 0 Å². The number of nitrogens with one attached hydrogen (secondary N) is 1. The van der Waals surface area contributed by atoms with Crippen molar-refractivity contribution in [3.8, 4) is 0 Å². The Morgan fingerprint density at radius 1 is 1.37 bits per heavy atom. The normalized spacial score (nSPS) is 26.1. The standard InChI is InChI=1S/C13H25F3N2O/c1-4-11-7-17-12(10(2)3)8-18(11)5-6-19-9-13(14,15)16/h10-12,17H,4-9H2,1-3H3. The lowest BCUT2D eigenvalue weighted by molar-refractivity contribution is -0.175. The van der Waals surface area contributed by atoms with Crippen LogP contribution >= 0.6 is 0 Å². The summed E-state index contributed by atoms with van der Waals surface area (Å²) in [4.78, 5) is 2.25. The van der Waals surface area contributed by atoms with Crippen molar-refractivity contribution in [2.45, 2.75) is 45.5 Å². The molecule has 6 heteroatoms. The molecule has 0 aromatic carbocycles. The highest BCUT2D eigenvalue weighted by Crippen LogP contribution is 2.16. The van der Waals surface area contributed by atoms with Gasteiger partial charge in [0.25, 0.3) is 0 Å². The lowest BCUT2D eigenvalue weighted by Crippen LogP contribution is -2.58. The molecule has 0 bridgehead atoms. The Balaban J connectivity index is 2.35. The molecule has 114 valence electrons. The monoisotopic (exact) mass is 282 g/mol. The molecule has 1 aliphatic rings. The third-order valence-corrected chi connectivity index (χ3v) is 3.63. The van der Waals surface area contributed by atoms with Crippen LogP contribution < -0.4 is 5.32 Å². The Morgan fingerprint density at radius 2 is 2.05 bits per heavy atom. The number of nitrogens with zero attached hydrogens (tertiary/aromatic N) is 1. The van der Waals surface area contributed by atoms with Gasteiger partial charge in [-0.2, -0.15) is 13.2 Å². The first kappa shape index (κ1) is 16.7. The van der Waals surface area contributed by atoms with E-state index in [2.05, 4.69) is 31.0 Å². The zero-order chi connectivity index (χ0) is 14.5. The van der Waals surface area contributed by atoms with Gasteiger partial charge in [-0.1, -0.05) is 20.8 Å². The molecule has 1 heterocycles. The third kappa shape index (κ3) is 6.10. The molecule has 0 radical (unpaired) electrons. The van der Waals surface area contributed by atoms with Gasteiger partial charge in [-0.15, -0.1) is 0 Å². The zero-order valence-electron chi connectivity index (χ0n) is 12.0. The van der Waals surface area contributed by atoms with Crippen molar-refractivity contribution in [1.29, 1.82) is 0 Å². The zero-order valence-corrected chi connectivity index (χ0v) is 12.0. The summed E-state index contributed by atoms with van der Waals surface area (Å²) < 4.78 is 40.7. The van der Waals surface area contributed by atoms with Crippen molar-refractivity contribution in [1.82, 2.24) is 10.2 Å². The Labute approximate surface area is 113 Å². The van der Waals surface area contributed by atoms with E-state index in [0.717, 1.165) is 19.5 Å². The summed E-state index contributed by atoms with van der Waals surface area (Å²) in [6.45, 7) is 7.75. The minimum atomic E-state index is -4.23. The average molecular weight is 282 g/mol. The molecule has 0 saturated carbocycles. The predicted octanol–water partition coefficient (Wildman–Crippen LogP) is 2.27. The summed E-state index contributed by atoms with van der Waals surface area (Å²) in [5.41, 5.74) is 0. The van der Waals surface area contributed by atoms with E-state index in [-0.39, 0.29) is 6.61 Å². The number of hydrogen-bond donors (Lipinski definition) is 1. The first-order valence-corrected chi connectivity index (χ1v) is 6.95. The van der Waals surface area contributed by atoms with E-state index in [1.54, 1.807) is 0 Å². The van der Waals surface area contributed by atoms with E-state index in [9.17, 15) is 13.2 Å². The van der Waals surface area contributed by atoms with E-state index in [4.69, 9.17) is 4.74 Å². The Morgan fingerprint density at radius 3 is 2.58 bits per heavy atom. The van der Waals surface area contributed by atoms with Gasteiger partial charge in [0, 0.05) is 31.7 Å². The summed E-state index contributed by atoms with van der Waals surface area (Å²) in [5, 5.41) is 3.50. The van der Waals surface area contributed by atoms with Crippen LogP contribution in [0.25, 0.3) is 0 Å². The molecule has 0 spiro atoms. The van der Waals surface area contributed by atoms with Gasteiger partial charge in [0.05, 0.1) is 6.61 Å². The second-order valence-corrected chi connectivity index (χ2v) is 5.48. The first-order valence-electron chi connectivity index (χ1n) is 6.95. The molecule has 0 aromatic rings. The van der Waals surface area contributed by atoms with Gasteiger partial charge in [-0.3, -0.25) is 4.90 Å². The minimum absolute atomic E-state index is 0.140. The molecular weight excluding hydrogens is 257 g/mol. The number of halogens is 3. The van der Waals surface area contributed by atoms with Crippen LogP contribution in [-0.4, -0.2) is 56.0 Å². The molecule has 2 unspecified atom stereocenters. The number of ether oxygens (including phenoxy) is 1. The van der Waals surface area contributed by atoms with Crippen LogP contribution in [0.5, 0.6) is 0 Å².